The number of carboxylic acid groups (broad SMARTS) is 1. The first kappa shape index (κ1) is 16.6. The van der Waals surface area contributed by atoms with E-state index in [2.05, 4.69) is 4.72 Å². The fourth-order valence-corrected chi connectivity index (χ4v) is 3.28. The molecule has 0 aromatic heterocycles. The van der Waals surface area contributed by atoms with Crippen molar-refractivity contribution in [1.29, 1.82) is 0 Å². The molecule has 3 N–H and O–H groups in total. The Labute approximate surface area is 118 Å². The fraction of sp³-hybridized carbons (Fsp3) is 0.462. The molecule has 1 atom stereocenters. The fourth-order valence-electron chi connectivity index (χ4n) is 1.73. The minimum absolute atomic E-state index is 0.0896. The number of sulfonamides is 1. The maximum atomic E-state index is 12.3. The Hall–Kier alpha value is -1.44. The summed E-state index contributed by atoms with van der Waals surface area (Å²) in [6, 6.07) is 5.16. The zero-order chi connectivity index (χ0) is 15.4. The molecule has 6 nitrogen and oxygen atoms in total. The lowest BCUT2D eigenvalue weighted by Crippen LogP contribution is -2.46. The summed E-state index contributed by atoms with van der Waals surface area (Å²) in [7, 11) is -3.83. The van der Waals surface area contributed by atoms with Gasteiger partial charge in [-0.25, -0.2) is 17.9 Å². The molecule has 1 unspecified atom stereocenters. The van der Waals surface area contributed by atoms with E-state index < -0.39 is 21.5 Å². The Bertz CT molecular complexity index is 584. The van der Waals surface area contributed by atoms with Gasteiger partial charge in [0.2, 0.25) is 10.0 Å². The third-order valence-corrected chi connectivity index (χ3v) is 4.85. The molecular weight excluding hydrogens is 282 g/mol. The smallest absolute Gasteiger partial charge is 0.335 e. The van der Waals surface area contributed by atoms with Crippen LogP contribution in [0.15, 0.2) is 29.2 Å². The van der Waals surface area contributed by atoms with Crippen LogP contribution in [0, 0.1) is 0 Å². The first-order valence-corrected chi connectivity index (χ1v) is 7.70. The summed E-state index contributed by atoms with van der Waals surface area (Å²) in [5.74, 6) is -1.18. The van der Waals surface area contributed by atoms with E-state index >= 15 is 0 Å². The monoisotopic (exact) mass is 301 g/mol. The van der Waals surface area contributed by atoms with Crippen LogP contribution < -0.4 is 4.72 Å². The molecular formula is C13H19NO5S. The highest BCUT2D eigenvalue weighted by Crippen LogP contribution is 2.19. The van der Waals surface area contributed by atoms with Crippen molar-refractivity contribution in [3.8, 4) is 0 Å². The number of aliphatic hydroxyl groups excluding tert-OH is 1. The molecule has 0 spiro atoms. The lowest BCUT2D eigenvalue weighted by Gasteiger charge is -2.28. The summed E-state index contributed by atoms with van der Waals surface area (Å²) in [6.45, 7) is 3.37. The van der Waals surface area contributed by atoms with Crippen LogP contribution in [0.2, 0.25) is 0 Å². The summed E-state index contributed by atoms with van der Waals surface area (Å²) in [4.78, 5) is 10.8. The molecule has 0 bridgehead atoms. The number of rotatable bonds is 7. The Kier molecular flexibility index (Phi) is 5.27. The van der Waals surface area contributed by atoms with Crippen molar-refractivity contribution in [1.82, 2.24) is 4.72 Å². The molecule has 1 aromatic rings. The predicted molar refractivity (Wildman–Crippen MR) is 74.1 cm³/mol. The van der Waals surface area contributed by atoms with E-state index in [1.54, 1.807) is 6.92 Å². The molecule has 0 aliphatic rings. The predicted octanol–water partition coefficient (Wildman–Crippen LogP) is 1.21. The SMILES string of the molecule is CCC(C)(CCO)NS(=O)(=O)c1cccc(C(=O)O)c1. The number of nitrogens with one attached hydrogen (secondary N) is 1. The van der Waals surface area contributed by atoms with Crippen molar-refractivity contribution >= 4 is 16.0 Å². The van der Waals surface area contributed by atoms with Gasteiger partial charge < -0.3 is 10.2 Å². The van der Waals surface area contributed by atoms with Gasteiger partial charge in [0.1, 0.15) is 0 Å². The van der Waals surface area contributed by atoms with Gasteiger partial charge in [-0.15, -0.1) is 0 Å². The lowest BCUT2D eigenvalue weighted by molar-refractivity contribution is 0.0696. The average Bonchev–Trinajstić information content (AvgIpc) is 2.38. The third kappa shape index (κ3) is 4.03. The topological polar surface area (TPSA) is 104 Å². The largest absolute Gasteiger partial charge is 0.478 e. The zero-order valence-electron chi connectivity index (χ0n) is 11.5. The van der Waals surface area contributed by atoms with Gasteiger partial charge in [-0.1, -0.05) is 13.0 Å². The molecule has 0 aliphatic carbocycles. The number of aliphatic hydroxyl groups is 1. The van der Waals surface area contributed by atoms with Crippen LogP contribution in [0.25, 0.3) is 0 Å². The number of carbonyl (C=O) groups is 1. The normalized spacial score (nSPS) is 14.8. The third-order valence-electron chi connectivity index (χ3n) is 3.22. The van der Waals surface area contributed by atoms with Gasteiger partial charge >= 0.3 is 5.97 Å². The van der Waals surface area contributed by atoms with E-state index in [1.165, 1.54) is 18.2 Å². The number of hydrogen-bond acceptors (Lipinski definition) is 4. The molecule has 0 heterocycles. The van der Waals surface area contributed by atoms with Crippen LogP contribution in [-0.2, 0) is 10.0 Å². The number of aromatic carboxylic acids is 1. The molecule has 112 valence electrons. The first-order valence-electron chi connectivity index (χ1n) is 6.22. The van der Waals surface area contributed by atoms with Crippen LogP contribution in [0.1, 0.15) is 37.0 Å². The zero-order valence-corrected chi connectivity index (χ0v) is 12.3. The van der Waals surface area contributed by atoms with Crippen molar-refractivity contribution in [2.45, 2.75) is 37.1 Å². The lowest BCUT2D eigenvalue weighted by atomic mass is 9.97. The van der Waals surface area contributed by atoms with Gasteiger partial charge in [-0.3, -0.25) is 0 Å². The summed E-state index contributed by atoms with van der Waals surface area (Å²) in [5, 5.41) is 17.9. The van der Waals surface area contributed by atoms with Crippen molar-refractivity contribution in [2.75, 3.05) is 6.61 Å². The van der Waals surface area contributed by atoms with Crippen molar-refractivity contribution in [3.63, 3.8) is 0 Å². The van der Waals surface area contributed by atoms with Gasteiger partial charge in [-0.2, -0.15) is 0 Å². The van der Waals surface area contributed by atoms with Gasteiger partial charge in [0.25, 0.3) is 0 Å². The minimum Gasteiger partial charge on any atom is -0.478 e. The Balaban J connectivity index is 3.11. The molecule has 0 fully saturated rings. The van der Waals surface area contributed by atoms with Gasteiger partial charge in [0.05, 0.1) is 10.5 Å². The van der Waals surface area contributed by atoms with E-state index in [0.29, 0.717) is 6.42 Å². The standard InChI is InChI=1S/C13H19NO5S/c1-3-13(2,7-8-15)14-20(18,19)11-6-4-5-10(9-11)12(16)17/h4-6,9,14-15H,3,7-8H2,1-2H3,(H,16,17). The number of benzene rings is 1. The highest BCUT2D eigenvalue weighted by Gasteiger charge is 2.28. The Morgan fingerprint density at radius 2 is 2.05 bits per heavy atom. The van der Waals surface area contributed by atoms with E-state index in [9.17, 15) is 13.2 Å². The van der Waals surface area contributed by atoms with Crippen LogP contribution >= 0.6 is 0 Å². The number of carboxylic acids is 1. The van der Waals surface area contributed by atoms with Crippen molar-refractivity contribution in [3.05, 3.63) is 29.8 Å². The van der Waals surface area contributed by atoms with E-state index in [4.69, 9.17) is 10.2 Å². The van der Waals surface area contributed by atoms with E-state index in [1.807, 2.05) is 6.92 Å². The van der Waals surface area contributed by atoms with Gasteiger partial charge in [-0.05, 0) is 38.0 Å². The van der Waals surface area contributed by atoms with Crippen molar-refractivity contribution < 1.29 is 23.4 Å². The highest BCUT2D eigenvalue weighted by atomic mass is 32.2. The number of hydrogen-bond donors (Lipinski definition) is 3. The molecule has 1 aromatic carbocycles. The quantitative estimate of drug-likeness (QED) is 0.702. The minimum atomic E-state index is -3.83. The molecule has 0 aliphatic heterocycles. The Morgan fingerprint density at radius 3 is 2.55 bits per heavy atom. The Morgan fingerprint density at radius 1 is 1.40 bits per heavy atom. The van der Waals surface area contributed by atoms with Crippen molar-refractivity contribution in [2.24, 2.45) is 0 Å². The molecule has 0 saturated heterocycles. The maximum absolute atomic E-state index is 12.3. The second kappa shape index (κ2) is 6.34. The molecule has 7 heteroatoms. The maximum Gasteiger partial charge on any atom is 0.335 e. The molecule has 0 saturated carbocycles. The van der Waals surface area contributed by atoms with E-state index in [-0.39, 0.29) is 23.5 Å². The summed E-state index contributed by atoms with van der Waals surface area (Å²) in [5.41, 5.74) is -0.861. The highest BCUT2D eigenvalue weighted by molar-refractivity contribution is 7.89. The molecule has 20 heavy (non-hydrogen) atoms. The molecule has 1 rings (SSSR count). The molecule has 0 radical (unpaired) electrons. The van der Waals surface area contributed by atoms with Crippen LogP contribution in [-0.4, -0.2) is 36.7 Å². The summed E-state index contributed by atoms with van der Waals surface area (Å²) < 4.78 is 27.1. The van der Waals surface area contributed by atoms with Gasteiger partial charge in [0, 0.05) is 12.1 Å². The second-order valence-corrected chi connectivity index (χ2v) is 6.51. The second-order valence-electron chi connectivity index (χ2n) is 4.83. The van der Waals surface area contributed by atoms with Crippen LogP contribution in [0.4, 0.5) is 0 Å². The first-order chi connectivity index (χ1) is 9.24. The van der Waals surface area contributed by atoms with Crippen LogP contribution in [0.5, 0.6) is 0 Å². The van der Waals surface area contributed by atoms with Crippen LogP contribution in [0.3, 0.4) is 0 Å². The van der Waals surface area contributed by atoms with Gasteiger partial charge in [0.15, 0.2) is 0 Å². The average molecular weight is 301 g/mol. The molecule has 0 amide bonds. The summed E-state index contributed by atoms with van der Waals surface area (Å²) >= 11 is 0. The van der Waals surface area contributed by atoms with E-state index in [0.717, 1.165) is 6.07 Å². The summed E-state index contributed by atoms with van der Waals surface area (Å²) in [6.07, 6.45) is 0.784.